The number of alkyl halides is 1. The SMILES string of the molecule is COc1cc2ncnc(Nc3cccc(CI)c3F)c2cc1O[C@H]1CC[C@@]2(CC1)NCCNC2=O. The molecule has 0 atom stereocenters. The van der Waals surface area contributed by atoms with E-state index in [9.17, 15) is 9.18 Å². The summed E-state index contributed by atoms with van der Waals surface area (Å²) in [5, 5.41) is 10.2. The van der Waals surface area contributed by atoms with Gasteiger partial charge in [-0.1, -0.05) is 34.7 Å². The Kier molecular flexibility index (Phi) is 6.92. The third-order valence-electron chi connectivity index (χ3n) is 6.78. The van der Waals surface area contributed by atoms with Gasteiger partial charge in [-0.15, -0.1) is 0 Å². The van der Waals surface area contributed by atoms with Crippen molar-refractivity contribution in [2.75, 3.05) is 25.5 Å². The second kappa shape index (κ2) is 10.1. The van der Waals surface area contributed by atoms with Gasteiger partial charge in [-0.25, -0.2) is 14.4 Å². The van der Waals surface area contributed by atoms with E-state index < -0.39 is 5.54 Å². The highest BCUT2D eigenvalue weighted by atomic mass is 127. The number of benzene rings is 2. The van der Waals surface area contributed by atoms with Crippen LogP contribution in [0.4, 0.5) is 15.9 Å². The summed E-state index contributed by atoms with van der Waals surface area (Å²) in [6.07, 6.45) is 4.29. The molecule has 3 aromatic rings. The number of rotatable bonds is 6. The first kappa shape index (κ1) is 24.0. The van der Waals surface area contributed by atoms with Crippen LogP contribution in [0.5, 0.6) is 11.5 Å². The molecule has 1 saturated carbocycles. The fourth-order valence-electron chi connectivity index (χ4n) is 4.84. The van der Waals surface area contributed by atoms with E-state index in [0.717, 1.165) is 19.4 Å². The maximum atomic E-state index is 14.9. The summed E-state index contributed by atoms with van der Waals surface area (Å²) >= 11 is 2.14. The highest BCUT2D eigenvalue weighted by Gasteiger charge is 2.43. The van der Waals surface area contributed by atoms with Crippen molar-refractivity contribution in [2.24, 2.45) is 0 Å². The molecule has 1 saturated heterocycles. The smallest absolute Gasteiger partial charge is 0.240 e. The first-order valence-corrected chi connectivity index (χ1v) is 13.2. The number of carbonyl (C=O) groups excluding carboxylic acids is 1. The van der Waals surface area contributed by atoms with Crippen LogP contribution in [-0.2, 0) is 9.22 Å². The lowest BCUT2D eigenvalue weighted by atomic mass is 9.78. The number of nitrogens with zero attached hydrogens (tertiary/aromatic N) is 2. The van der Waals surface area contributed by atoms with Gasteiger partial charge in [0.1, 0.15) is 12.1 Å². The summed E-state index contributed by atoms with van der Waals surface area (Å²) in [5.41, 5.74) is 1.14. The Morgan fingerprint density at radius 2 is 2.03 bits per heavy atom. The normalized spacial score (nSPS) is 22.1. The van der Waals surface area contributed by atoms with E-state index in [2.05, 4.69) is 48.5 Å². The van der Waals surface area contributed by atoms with Gasteiger partial charge >= 0.3 is 0 Å². The van der Waals surface area contributed by atoms with Crippen molar-refractivity contribution in [3.63, 3.8) is 0 Å². The quantitative estimate of drug-likeness (QED) is 0.292. The lowest BCUT2D eigenvalue weighted by Gasteiger charge is -2.42. The average Bonchev–Trinajstić information content (AvgIpc) is 2.88. The molecule has 0 bridgehead atoms. The summed E-state index contributed by atoms with van der Waals surface area (Å²) in [7, 11) is 1.59. The number of piperazine rings is 1. The number of fused-ring (bicyclic) bond motifs is 1. The molecule has 1 aliphatic heterocycles. The fraction of sp³-hybridized carbons (Fsp3) is 0.400. The maximum Gasteiger partial charge on any atom is 0.240 e. The van der Waals surface area contributed by atoms with Gasteiger partial charge in [0.05, 0.1) is 30.0 Å². The molecule has 3 N–H and O–H groups in total. The van der Waals surface area contributed by atoms with Crippen molar-refractivity contribution in [1.82, 2.24) is 20.6 Å². The van der Waals surface area contributed by atoms with E-state index in [4.69, 9.17) is 9.47 Å². The van der Waals surface area contributed by atoms with Crippen molar-refractivity contribution in [2.45, 2.75) is 41.8 Å². The number of anilines is 2. The first-order chi connectivity index (χ1) is 17.0. The van der Waals surface area contributed by atoms with Crippen LogP contribution < -0.4 is 25.4 Å². The monoisotopic (exact) mass is 591 g/mol. The Balaban J connectivity index is 1.41. The lowest BCUT2D eigenvalue weighted by molar-refractivity contribution is -0.131. The van der Waals surface area contributed by atoms with Gasteiger partial charge < -0.3 is 25.4 Å². The molecule has 0 unspecified atom stereocenters. The molecule has 184 valence electrons. The first-order valence-electron chi connectivity index (χ1n) is 11.7. The van der Waals surface area contributed by atoms with Gasteiger partial charge in [0.15, 0.2) is 17.3 Å². The van der Waals surface area contributed by atoms with E-state index >= 15 is 0 Å². The maximum absolute atomic E-state index is 14.9. The van der Waals surface area contributed by atoms with Gasteiger partial charge in [0.2, 0.25) is 5.91 Å². The van der Waals surface area contributed by atoms with Crippen molar-refractivity contribution in [1.29, 1.82) is 0 Å². The number of aromatic nitrogens is 2. The molecule has 5 rings (SSSR count). The predicted octanol–water partition coefficient (Wildman–Crippen LogP) is 4.24. The minimum Gasteiger partial charge on any atom is -0.493 e. The summed E-state index contributed by atoms with van der Waals surface area (Å²) in [5.74, 6) is 1.40. The van der Waals surface area contributed by atoms with Crippen LogP contribution in [0.1, 0.15) is 31.2 Å². The van der Waals surface area contributed by atoms with Crippen LogP contribution in [-0.4, -0.2) is 47.7 Å². The minimum atomic E-state index is -0.493. The van der Waals surface area contributed by atoms with Crippen LogP contribution in [0.25, 0.3) is 10.9 Å². The van der Waals surface area contributed by atoms with E-state index in [1.165, 1.54) is 6.33 Å². The number of hydrogen-bond acceptors (Lipinski definition) is 7. The molecule has 8 nitrogen and oxygen atoms in total. The van der Waals surface area contributed by atoms with Gasteiger partial charge in [-0.3, -0.25) is 4.79 Å². The molecule has 2 aliphatic rings. The lowest BCUT2D eigenvalue weighted by Crippen LogP contribution is -2.64. The molecule has 10 heteroatoms. The van der Waals surface area contributed by atoms with Crippen molar-refractivity contribution in [3.05, 3.63) is 48.0 Å². The van der Waals surface area contributed by atoms with E-state index in [0.29, 0.717) is 63.3 Å². The summed E-state index contributed by atoms with van der Waals surface area (Å²) < 4.78 is 27.4. The zero-order valence-corrected chi connectivity index (χ0v) is 21.5. The van der Waals surface area contributed by atoms with Gasteiger partial charge in [-0.05, 0) is 43.4 Å². The summed E-state index contributed by atoms with van der Waals surface area (Å²) in [6, 6.07) is 8.91. The Bertz CT molecular complexity index is 1250. The van der Waals surface area contributed by atoms with Crippen LogP contribution >= 0.6 is 22.6 Å². The second-order valence-corrected chi connectivity index (χ2v) is 9.62. The van der Waals surface area contributed by atoms with E-state index in [1.54, 1.807) is 25.3 Å². The van der Waals surface area contributed by atoms with Crippen LogP contribution in [0, 0.1) is 5.82 Å². The number of methoxy groups -OCH3 is 1. The minimum absolute atomic E-state index is 0.0534. The van der Waals surface area contributed by atoms with Crippen LogP contribution in [0.3, 0.4) is 0 Å². The molecule has 35 heavy (non-hydrogen) atoms. The fourth-order valence-corrected chi connectivity index (χ4v) is 5.42. The largest absolute Gasteiger partial charge is 0.493 e. The summed E-state index contributed by atoms with van der Waals surface area (Å²) in [4.78, 5) is 21.2. The molecule has 0 radical (unpaired) electrons. The second-order valence-electron chi connectivity index (χ2n) is 8.86. The van der Waals surface area contributed by atoms with E-state index in [-0.39, 0.29) is 17.8 Å². The molecule has 1 aromatic heterocycles. The Labute approximate surface area is 216 Å². The Morgan fingerprint density at radius 1 is 1.20 bits per heavy atom. The molecule has 2 fully saturated rings. The molecule has 1 spiro atoms. The third kappa shape index (κ3) is 4.73. The molecule has 2 aromatic carbocycles. The van der Waals surface area contributed by atoms with Gasteiger partial charge in [-0.2, -0.15) is 0 Å². The molecule has 2 heterocycles. The highest BCUT2D eigenvalue weighted by Crippen LogP contribution is 2.38. The van der Waals surface area contributed by atoms with Gasteiger partial charge in [0.25, 0.3) is 0 Å². The predicted molar refractivity (Wildman–Crippen MR) is 140 cm³/mol. The Hall–Kier alpha value is -2.73. The van der Waals surface area contributed by atoms with Gasteiger partial charge in [0, 0.05) is 29.0 Å². The Morgan fingerprint density at radius 3 is 2.77 bits per heavy atom. The molecular weight excluding hydrogens is 564 g/mol. The number of hydrogen-bond donors (Lipinski definition) is 3. The topological polar surface area (TPSA) is 97.4 Å². The van der Waals surface area contributed by atoms with Crippen LogP contribution in [0.2, 0.25) is 0 Å². The number of carbonyl (C=O) groups is 1. The van der Waals surface area contributed by atoms with Crippen molar-refractivity contribution >= 4 is 50.9 Å². The standard InChI is InChI=1S/C25H27FIN5O3/c1-34-20-12-19-17(23(30-14-29-19)32-18-4-2-3-15(13-27)22(18)26)11-21(20)35-16-5-7-25(8-6-16)24(33)28-9-10-31-25/h2-4,11-12,14,16,31H,5-10,13H2,1H3,(H,28,33)(H,29,30,32)/t16-,25-. The highest BCUT2D eigenvalue weighted by molar-refractivity contribution is 14.1. The molecule has 1 amide bonds. The van der Waals surface area contributed by atoms with Crippen LogP contribution in [0.15, 0.2) is 36.7 Å². The van der Waals surface area contributed by atoms with Crippen molar-refractivity contribution in [3.8, 4) is 11.5 Å². The number of ether oxygens (including phenoxy) is 2. The number of amides is 1. The number of halogens is 2. The third-order valence-corrected chi connectivity index (χ3v) is 7.61. The zero-order valence-electron chi connectivity index (χ0n) is 19.4. The van der Waals surface area contributed by atoms with E-state index in [1.807, 2.05) is 12.1 Å². The molecule has 1 aliphatic carbocycles. The zero-order chi connectivity index (χ0) is 24.4. The number of nitrogens with one attached hydrogen (secondary N) is 3. The van der Waals surface area contributed by atoms with Crippen molar-refractivity contribution < 1.29 is 18.7 Å². The molecular formula is C25H27FIN5O3. The average molecular weight is 591 g/mol. The summed E-state index contributed by atoms with van der Waals surface area (Å²) in [6.45, 7) is 1.45.